The normalized spacial score (nSPS) is 12.9. The minimum Gasteiger partial charge on any atom is -0.370 e. The molecule has 0 saturated heterocycles. The summed E-state index contributed by atoms with van der Waals surface area (Å²) in [6.45, 7) is 9.74. The summed E-state index contributed by atoms with van der Waals surface area (Å²) in [6.07, 6.45) is 0. The highest BCUT2D eigenvalue weighted by atomic mass is 15.0. The van der Waals surface area contributed by atoms with Crippen LogP contribution in [0.3, 0.4) is 0 Å². The molecule has 0 spiro atoms. The van der Waals surface area contributed by atoms with Crippen molar-refractivity contribution >= 4 is 5.82 Å². The number of anilines is 1. The minimum atomic E-state index is 0.278. The van der Waals surface area contributed by atoms with Crippen molar-refractivity contribution in [2.24, 2.45) is 11.3 Å². The van der Waals surface area contributed by atoms with Gasteiger partial charge in [-0.15, -0.1) is 0 Å². The summed E-state index contributed by atoms with van der Waals surface area (Å²) in [5.74, 6) is 1.31. The van der Waals surface area contributed by atoms with E-state index in [0.29, 0.717) is 11.6 Å². The highest BCUT2D eigenvalue weighted by Crippen LogP contribution is 2.25. The van der Waals surface area contributed by atoms with E-state index >= 15 is 0 Å². The Morgan fingerprint density at radius 2 is 2.12 bits per heavy atom. The number of hydrogen-bond donors (Lipinski definition) is 1. The molecule has 0 amide bonds. The maximum atomic E-state index is 8.73. The fourth-order valence-electron chi connectivity index (χ4n) is 1.16. The molecule has 3 nitrogen and oxygen atoms in total. The van der Waals surface area contributed by atoms with Crippen molar-refractivity contribution in [3.05, 3.63) is 23.9 Å². The lowest BCUT2D eigenvalue weighted by Gasteiger charge is -2.27. The number of aromatic nitrogens is 1. The van der Waals surface area contributed by atoms with E-state index in [1.54, 1.807) is 6.07 Å². The molecule has 0 aromatic carbocycles. The Labute approximate surface area is 97.5 Å². The summed E-state index contributed by atoms with van der Waals surface area (Å²) in [5.41, 5.74) is 0.730. The Morgan fingerprint density at radius 3 is 2.69 bits per heavy atom. The van der Waals surface area contributed by atoms with Crippen LogP contribution in [0.5, 0.6) is 0 Å². The molecule has 1 heterocycles. The molecule has 0 radical (unpaired) electrons. The third-order valence-corrected chi connectivity index (χ3v) is 2.93. The van der Waals surface area contributed by atoms with Crippen molar-refractivity contribution in [1.29, 1.82) is 5.26 Å². The number of nitriles is 1. The first kappa shape index (κ1) is 12.5. The zero-order valence-electron chi connectivity index (χ0n) is 10.4. The predicted octanol–water partition coefficient (Wildman–Crippen LogP) is 3.05. The van der Waals surface area contributed by atoms with E-state index in [-0.39, 0.29) is 5.41 Å². The van der Waals surface area contributed by atoms with Crippen LogP contribution < -0.4 is 5.32 Å². The first-order chi connectivity index (χ1) is 7.43. The predicted molar refractivity (Wildman–Crippen MR) is 66.1 cm³/mol. The summed E-state index contributed by atoms with van der Waals surface area (Å²) < 4.78 is 0. The first-order valence-corrected chi connectivity index (χ1v) is 5.54. The van der Waals surface area contributed by atoms with Crippen LogP contribution in [-0.4, -0.2) is 11.5 Å². The second kappa shape index (κ2) is 4.98. The maximum Gasteiger partial charge on any atom is 0.142 e. The molecule has 1 atom stereocenters. The molecular weight excluding hydrogens is 198 g/mol. The van der Waals surface area contributed by atoms with Crippen LogP contribution in [0.25, 0.3) is 0 Å². The summed E-state index contributed by atoms with van der Waals surface area (Å²) in [7, 11) is 0. The Bertz CT molecular complexity index is 385. The molecule has 1 unspecified atom stereocenters. The largest absolute Gasteiger partial charge is 0.370 e. The van der Waals surface area contributed by atoms with Crippen LogP contribution in [0.2, 0.25) is 0 Å². The minimum absolute atomic E-state index is 0.278. The topological polar surface area (TPSA) is 48.7 Å². The number of nitrogens with zero attached hydrogens (tertiary/aromatic N) is 2. The molecule has 0 saturated carbocycles. The van der Waals surface area contributed by atoms with E-state index in [4.69, 9.17) is 5.26 Å². The van der Waals surface area contributed by atoms with Gasteiger partial charge in [-0.25, -0.2) is 4.98 Å². The third kappa shape index (κ3) is 3.54. The van der Waals surface area contributed by atoms with Crippen molar-refractivity contribution in [2.45, 2.75) is 27.7 Å². The van der Waals surface area contributed by atoms with Gasteiger partial charge < -0.3 is 5.32 Å². The zero-order valence-corrected chi connectivity index (χ0v) is 10.4. The molecule has 0 aliphatic carbocycles. The molecule has 0 aliphatic rings. The van der Waals surface area contributed by atoms with Gasteiger partial charge in [0.05, 0.1) is 0 Å². The van der Waals surface area contributed by atoms with E-state index in [1.807, 2.05) is 18.2 Å². The van der Waals surface area contributed by atoms with Crippen LogP contribution in [0.4, 0.5) is 5.82 Å². The molecule has 1 N–H and O–H groups in total. The van der Waals surface area contributed by atoms with Crippen LogP contribution in [0, 0.1) is 22.7 Å². The molecule has 1 aromatic heterocycles. The van der Waals surface area contributed by atoms with E-state index in [9.17, 15) is 0 Å². The average molecular weight is 217 g/mol. The molecule has 1 rings (SSSR count). The number of pyridine rings is 1. The molecule has 1 aromatic rings. The molecule has 0 fully saturated rings. The van der Waals surface area contributed by atoms with E-state index in [2.05, 4.69) is 38.0 Å². The average Bonchev–Trinajstić information content (AvgIpc) is 2.25. The lowest BCUT2D eigenvalue weighted by Crippen LogP contribution is -2.25. The monoisotopic (exact) mass is 217 g/mol. The van der Waals surface area contributed by atoms with Gasteiger partial charge in [0, 0.05) is 6.54 Å². The van der Waals surface area contributed by atoms with Gasteiger partial charge >= 0.3 is 0 Å². The van der Waals surface area contributed by atoms with Crippen molar-refractivity contribution < 1.29 is 0 Å². The number of rotatable bonds is 3. The highest BCUT2D eigenvalue weighted by molar-refractivity contribution is 5.38. The third-order valence-electron chi connectivity index (χ3n) is 2.93. The van der Waals surface area contributed by atoms with Gasteiger partial charge in [-0.05, 0) is 23.5 Å². The van der Waals surface area contributed by atoms with E-state index in [1.165, 1.54) is 0 Å². The van der Waals surface area contributed by atoms with E-state index < -0.39 is 0 Å². The Morgan fingerprint density at radius 1 is 1.44 bits per heavy atom. The first-order valence-electron chi connectivity index (χ1n) is 5.54. The quantitative estimate of drug-likeness (QED) is 0.846. The number of nitrogens with one attached hydrogen (secondary N) is 1. The molecule has 86 valence electrons. The smallest absolute Gasteiger partial charge is 0.142 e. The maximum absolute atomic E-state index is 8.73. The van der Waals surface area contributed by atoms with Gasteiger partial charge in [0.25, 0.3) is 0 Å². The van der Waals surface area contributed by atoms with Crippen molar-refractivity contribution in [3.8, 4) is 6.07 Å². The van der Waals surface area contributed by atoms with Crippen molar-refractivity contribution in [3.63, 3.8) is 0 Å². The van der Waals surface area contributed by atoms with Crippen molar-refractivity contribution in [2.75, 3.05) is 11.9 Å². The molecule has 3 heteroatoms. The summed E-state index contributed by atoms with van der Waals surface area (Å²) >= 11 is 0. The van der Waals surface area contributed by atoms with Crippen LogP contribution in [0.1, 0.15) is 33.4 Å². The zero-order chi connectivity index (χ0) is 12.2. The fraction of sp³-hybridized carbons (Fsp3) is 0.538. The Hall–Kier alpha value is -1.56. The molecule has 0 aliphatic heterocycles. The number of hydrogen-bond acceptors (Lipinski definition) is 3. The fourth-order valence-corrected chi connectivity index (χ4v) is 1.16. The molecular formula is C13H19N3. The van der Waals surface area contributed by atoms with Gasteiger partial charge in [0.15, 0.2) is 0 Å². The Balaban J connectivity index is 2.59. The van der Waals surface area contributed by atoms with Crippen LogP contribution in [-0.2, 0) is 0 Å². The highest BCUT2D eigenvalue weighted by Gasteiger charge is 2.19. The molecule has 0 bridgehead atoms. The van der Waals surface area contributed by atoms with Gasteiger partial charge in [0.2, 0.25) is 0 Å². The lowest BCUT2D eigenvalue weighted by atomic mass is 9.82. The summed E-state index contributed by atoms with van der Waals surface area (Å²) in [6, 6.07) is 7.47. The second-order valence-corrected chi connectivity index (χ2v) is 5.17. The Kier molecular flexibility index (Phi) is 3.89. The molecule has 16 heavy (non-hydrogen) atoms. The standard InChI is InChI=1S/C13H19N3/c1-10(13(2,3)4)9-15-12-7-5-6-11(8-14)16-12/h5-7,10H,9H2,1-4H3,(H,15,16). The van der Waals surface area contributed by atoms with Gasteiger partial charge in [-0.3, -0.25) is 0 Å². The summed E-state index contributed by atoms with van der Waals surface area (Å²) in [5, 5.41) is 12.0. The SMILES string of the molecule is CC(CNc1cccc(C#N)n1)C(C)(C)C. The van der Waals surface area contributed by atoms with Crippen LogP contribution in [0.15, 0.2) is 18.2 Å². The summed E-state index contributed by atoms with van der Waals surface area (Å²) in [4.78, 5) is 4.17. The van der Waals surface area contributed by atoms with Gasteiger partial charge in [0.1, 0.15) is 17.6 Å². The lowest BCUT2D eigenvalue weighted by molar-refractivity contribution is 0.274. The van der Waals surface area contributed by atoms with Gasteiger partial charge in [-0.1, -0.05) is 33.8 Å². The van der Waals surface area contributed by atoms with Gasteiger partial charge in [-0.2, -0.15) is 5.26 Å². The van der Waals surface area contributed by atoms with E-state index in [0.717, 1.165) is 12.4 Å². The van der Waals surface area contributed by atoms with Crippen LogP contribution >= 0.6 is 0 Å². The van der Waals surface area contributed by atoms with Crippen molar-refractivity contribution in [1.82, 2.24) is 4.98 Å². The second-order valence-electron chi connectivity index (χ2n) is 5.17.